The first-order valence-corrected chi connectivity index (χ1v) is 9.51. The van der Waals surface area contributed by atoms with Crippen LogP contribution >= 0.6 is 0 Å². The summed E-state index contributed by atoms with van der Waals surface area (Å²) >= 11 is 0. The first kappa shape index (κ1) is 20.0. The van der Waals surface area contributed by atoms with E-state index >= 15 is 0 Å². The molecule has 148 valence electrons. The summed E-state index contributed by atoms with van der Waals surface area (Å²) in [7, 11) is 1.88. The number of aliphatic hydroxyl groups is 1. The largest absolute Gasteiger partial charge is 0.480 e. The van der Waals surface area contributed by atoms with Crippen molar-refractivity contribution in [1.82, 2.24) is 10.2 Å². The molecule has 0 aliphatic carbocycles. The number of likely N-dealkylation sites (tertiary alicyclic amines) is 1. The van der Waals surface area contributed by atoms with Crippen molar-refractivity contribution in [2.45, 2.75) is 38.0 Å². The van der Waals surface area contributed by atoms with E-state index < -0.39 is 12.0 Å². The summed E-state index contributed by atoms with van der Waals surface area (Å²) in [6.07, 6.45) is 1.93. The van der Waals surface area contributed by atoms with Crippen LogP contribution in [0.3, 0.4) is 0 Å². The Morgan fingerprint density at radius 1 is 1.18 bits per heavy atom. The maximum Gasteiger partial charge on any atom is 0.326 e. The van der Waals surface area contributed by atoms with Gasteiger partial charge >= 0.3 is 5.97 Å². The lowest BCUT2D eigenvalue weighted by molar-refractivity contribution is -0.142. The highest BCUT2D eigenvalue weighted by atomic mass is 16.4. The molecule has 0 bridgehead atoms. The first-order valence-electron chi connectivity index (χ1n) is 9.51. The molecule has 1 saturated heterocycles. The summed E-state index contributed by atoms with van der Waals surface area (Å²) in [4.78, 5) is 26.0. The average Bonchev–Trinajstić information content (AvgIpc) is 3.14. The van der Waals surface area contributed by atoms with Gasteiger partial charge in [-0.25, -0.2) is 4.79 Å². The molecule has 0 unspecified atom stereocenters. The second kappa shape index (κ2) is 8.99. The molecule has 1 fully saturated rings. The van der Waals surface area contributed by atoms with Crippen molar-refractivity contribution in [2.75, 3.05) is 13.6 Å². The Bertz CT molecular complexity index is 835. The van der Waals surface area contributed by atoms with Crippen molar-refractivity contribution in [2.24, 2.45) is 0 Å². The summed E-state index contributed by atoms with van der Waals surface area (Å²) in [5, 5.41) is 21.7. The van der Waals surface area contributed by atoms with Gasteiger partial charge in [-0.1, -0.05) is 48.5 Å². The van der Waals surface area contributed by atoms with E-state index in [1.54, 1.807) is 0 Å². The number of carboxylic acids is 1. The molecule has 1 amide bonds. The molecular formula is C22H26N2O4. The van der Waals surface area contributed by atoms with Gasteiger partial charge in [0.25, 0.3) is 0 Å². The number of likely N-dealkylation sites (N-methyl/N-ethyl adjacent to an activating group) is 1. The van der Waals surface area contributed by atoms with Gasteiger partial charge in [-0.05, 0) is 48.7 Å². The zero-order valence-corrected chi connectivity index (χ0v) is 16.0. The minimum Gasteiger partial charge on any atom is -0.480 e. The lowest BCUT2D eigenvalue weighted by Crippen LogP contribution is -2.49. The Morgan fingerprint density at radius 2 is 1.89 bits per heavy atom. The maximum atomic E-state index is 12.4. The molecule has 1 aliphatic heterocycles. The average molecular weight is 382 g/mol. The lowest BCUT2D eigenvalue weighted by atomic mass is 9.97. The number of aliphatic hydroxyl groups excluding tert-OH is 1. The van der Waals surface area contributed by atoms with Crippen molar-refractivity contribution < 1.29 is 19.8 Å². The minimum atomic E-state index is -1.04. The van der Waals surface area contributed by atoms with Crippen LogP contribution in [0.4, 0.5) is 0 Å². The number of hydrogen-bond donors (Lipinski definition) is 3. The Morgan fingerprint density at radius 3 is 2.50 bits per heavy atom. The van der Waals surface area contributed by atoms with Gasteiger partial charge in [-0.15, -0.1) is 0 Å². The van der Waals surface area contributed by atoms with Gasteiger partial charge in [0.1, 0.15) is 6.04 Å². The Kier molecular flexibility index (Phi) is 6.44. The molecule has 6 heteroatoms. The number of carbonyl (C=O) groups is 2. The number of benzene rings is 2. The zero-order chi connectivity index (χ0) is 20.1. The third-order valence-corrected chi connectivity index (χ3v) is 5.33. The van der Waals surface area contributed by atoms with Crippen LogP contribution in [0.1, 0.15) is 24.0 Å². The van der Waals surface area contributed by atoms with E-state index in [1.165, 1.54) is 0 Å². The summed E-state index contributed by atoms with van der Waals surface area (Å²) in [5.41, 5.74) is 3.57. The second-order valence-corrected chi connectivity index (χ2v) is 7.25. The highest BCUT2D eigenvalue weighted by molar-refractivity contribution is 5.87. The fourth-order valence-electron chi connectivity index (χ4n) is 3.71. The van der Waals surface area contributed by atoms with E-state index in [0.29, 0.717) is 0 Å². The van der Waals surface area contributed by atoms with Gasteiger partial charge < -0.3 is 15.5 Å². The molecule has 28 heavy (non-hydrogen) atoms. The van der Waals surface area contributed by atoms with Gasteiger partial charge in [0.15, 0.2) is 0 Å². The molecule has 2 atom stereocenters. The summed E-state index contributed by atoms with van der Waals surface area (Å²) in [6, 6.07) is 14.0. The summed E-state index contributed by atoms with van der Waals surface area (Å²) in [5.74, 6) is -1.26. The molecule has 0 radical (unpaired) electrons. The third kappa shape index (κ3) is 4.58. The molecule has 3 rings (SSSR count). The standard InChI is InChI=1S/C22H26N2O4/c1-24-12-4-7-20(24)21(26)23-19(22(27)28)13-15-8-10-16(11-9-15)18-6-3-2-5-17(18)14-25/h2-3,5-6,8-11,19-20,25H,4,7,12-14H2,1H3,(H,23,26)(H,27,28)/t19-,20-/m0/s1. The summed E-state index contributed by atoms with van der Waals surface area (Å²) < 4.78 is 0. The molecular weight excluding hydrogens is 356 g/mol. The highest BCUT2D eigenvalue weighted by Crippen LogP contribution is 2.24. The van der Waals surface area contributed by atoms with E-state index in [9.17, 15) is 19.8 Å². The normalized spacial score (nSPS) is 18.0. The van der Waals surface area contributed by atoms with E-state index in [0.717, 1.165) is 41.6 Å². The predicted molar refractivity (Wildman–Crippen MR) is 107 cm³/mol. The summed E-state index contributed by atoms with van der Waals surface area (Å²) in [6.45, 7) is 0.813. The molecule has 0 spiro atoms. The molecule has 0 saturated carbocycles. The van der Waals surface area contributed by atoms with Crippen LogP contribution in [0.2, 0.25) is 0 Å². The Balaban J connectivity index is 1.70. The third-order valence-electron chi connectivity index (χ3n) is 5.33. The van der Waals surface area contributed by atoms with Gasteiger partial charge in [-0.3, -0.25) is 9.69 Å². The SMILES string of the molecule is CN1CCC[C@H]1C(=O)N[C@@H](Cc1ccc(-c2ccccc2CO)cc1)C(=O)O. The smallest absolute Gasteiger partial charge is 0.326 e. The Hall–Kier alpha value is -2.70. The Labute approximate surface area is 164 Å². The number of carbonyl (C=O) groups excluding carboxylic acids is 1. The van der Waals surface area contributed by atoms with E-state index in [2.05, 4.69) is 5.32 Å². The van der Waals surface area contributed by atoms with Crippen molar-refractivity contribution in [3.8, 4) is 11.1 Å². The maximum absolute atomic E-state index is 12.4. The minimum absolute atomic E-state index is 0.0410. The van der Waals surface area contributed by atoms with Crippen molar-refractivity contribution in [3.63, 3.8) is 0 Å². The van der Waals surface area contributed by atoms with Gasteiger partial charge in [0, 0.05) is 6.42 Å². The second-order valence-electron chi connectivity index (χ2n) is 7.25. The first-order chi connectivity index (χ1) is 13.5. The van der Waals surface area contributed by atoms with Gasteiger partial charge in [0.2, 0.25) is 5.91 Å². The molecule has 2 aromatic carbocycles. The van der Waals surface area contributed by atoms with Gasteiger partial charge in [-0.2, -0.15) is 0 Å². The van der Waals surface area contributed by atoms with Crippen LogP contribution in [0.5, 0.6) is 0 Å². The number of amides is 1. The van der Waals surface area contributed by atoms with Crippen molar-refractivity contribution in [1.29, 1.82) is 0 Å². The van der Waals surface area contributed by atoms with E-state index in [4.69, 9.17) is 0 Å². The predicted octanol–water partition coefficient (Wildman–Crippen LogP) is 2.05. The number of nitrogens with one attached hydrogen (secondary N) is 1. The molecule has 0 aromatic heterocycles. The number of rotatable bonds is 7. The van der Waals surface area contributed by atoms with Crippen LogP contribution in [0.15, 0.2) is 48.5 Å². The van der Waals surface area contributed by atoms with E-state index in [-0.39, 0.29) is 25.0 Å². The molecule has 6 nitrogen and oxygen atoms in total. The number of hydrogen-bond acceptors (Lipinski definition) is 4. The molecule has 1 aliphatic rings. The van der Waals surface area contributed by atoms with Crippen LogP contribution in [0.25, 0.3) is 11.1 Å². The lowest BCUT2D eigenvalue weighted by Gasteiger charge is -2.22. The van der Waals surface area contributed by atoms with Gasteiger partial charge in [0.05, 0.1) is 12.6 Å². The quantitative estimate of drug-likeness (QED) is 0.682. The fourth-order valence-corrected chi connectivity index (χ4v) is 3.71. The van der Waals surface area contributed by atoms with Crippen LogP contribution in [0, 0.1) is 0 Å². The highest BCUT2D eigenvalue weighted by Gasteiger charge is 2.30. The van der Waals surface area contributed by atoms with Crippen LogP contribution < -0.4 is 5.32 Å². The van der Waals surface area contributed by atoms with Crippen LogP contribution in [-0.4, -0.2) is 52.7 Å². The number of nitrogens with zero attached hydrogens (tertiary/aromatic N) is 1. The molecule has 3 N–H and O–H groups in total. The number of aliphatic carboxylic acids is 1. The van der Waals surface area contributed by atoms with E-state index in [1.807, 2.05) is 60.5 Å². The monoisotopic (exact) mass is 382 g/mol. The van der Waals surface area contributed by atoms with Crippen molar-refractivity contribution >= 4 is 11.9 Å². The zero-order valence-electron chi connectivity index (χ0n) is 16.0. The molecule has 1 heterocycles. The van der Waals surface area contributed by atoms with Crippen LogP contribution in [-0.2, 0) is 22.6 Å². The number of carboxylic acid groups (broad SMARTS) is 1. The van der Waals surface area contributed by atoms with Crippen molar-refractivity contribution in [3.05, 3.63) is 59.7 Å². The fraction of sp³-hybridized carbons (Fsp3) is 0.364. The topological polar surface area (TPSA) is 89.9 Å². The molecule has 2 aromatic rings.